The van der Waals surface area contributed by atoms with Crippen LogP contribution in [0.15, 0.2) is 73.1 Å². The van der Waals surface area contributed by atoms with Gasteiger partial charge in [0.2, 0.25) is 0 Å². The van der Waals surface area contributed by atoms with Crippen LogP contribution in [0.4, 0.5) is 16.2 Å². The first-order valence-corrected chi connectivity index (χ1v) is 8.08. The van der Waals surface area contributed by atoms with E-state index in [1.807, 2.05) is 24.3 Å². The maximum absolute atomic E-state index is 12.1. The van der Waals surface area contributed by atoms with Gasteiger partial charge in [0.05, 0.1) is 0 Å². The zero-order valence-electron chi connectivity index (χ0n) is 13.9. The number of aromatic nitrogens is 1. The van der Waals surface area contributed by atoms with E-state index in [0.717, 1.165) is 12.1 Å². The number of amides is 2. The zero-order chi connectivity index (χ0) is 17.5. The lowest BCUT2D eigenvalue weighted by Gasteiger charge is -2.09. The monoisotopic (exact) mass is 333 g/mol. The number of hydrogen-bond donors (Lipinski definition) is 2. The standard InChI is InChI=1S/C20H19N3O2/c1-2-15-3-5-16(6-4-15)22-20(24)23-17-7-9-18(10-8-17)25-19-11-13-21-14-12-19/h3-14H,2H2,1H3,(H2,22,23,24). The average Bonchev–Trinajstić information content (AvgIpc) is 2.65. The minimum atomic E-state index is -0.285. The summed E-state index contributed by atoms with van der Waals surface area (Å²) in [5.74, 6) is 1.40. The first-order chi connectivity index (χ1) is 12.2. The second kappa shape index (κ2) is 7.97. The van der Waals surface area contributed by atoms with Gasteiger partial charge in [-0.15, -0.1) is 0 Å². The Kier molecular flexibility index (Phi) is 5.26. The molecular formula is C20H19N3O2. The van der Waals surface area contributed by atoms with E-state index in [1.165, 1.54) is 5.56 Å². The van der Waals surface area contributed by atoms with Gasteiger partial charge in [0.25, 0.3) is 0 Å². The van der Waals surface area contributed by atoms with Crippen LogP contribution in [0.2, 0.25) is 0 Å². The zero-order valence-corrected chi connectivity index (χ0v) is 13.9. The van der Waals surface area contributed by atoms with Crippen molar-refractivity contribution < 1.29 is 9.53 Å². The van der Waals surface area contributed by atoms with E-state index >= 15 is 0 Å². The van der Waals surface area contributed by atoms with Crippen LogP contribution in [0.25, 0.3) is 0 Å². The number of ether oxygens (including phenoxy) is 1. The Morgan fingerprint density at radius 1 is 0.840 bits per heavy atom. The molecule has 3 aromatic rings. The molecule has 5 heteroatoms. The van der Waals surface area contributed by atoms with Crippen LogP contribution in [0, 0.1) is 0 Å². The van der Waals surface area contributed by atoms with Gasteiger partial charge in [-0.05, 0) is 60.5 Å². The molecule has 2 amide bonds. The van der Waals surface area contributed by atoms with E-state index in [9.17, 15) is 4.79 Å². The van der Waals surface area contributed by atoms with Crippen molar-refractivity contribution in [3.63, 3.8) is 0 Å². The molecule has 25 heavy (non-hydrogen) atoms. The van der Waals surface area contributed by atoms with Gasteiger partial charge in [-0.25, -0.2) is 4.79 Å². The van der Waals surface area contributed by atoms with E-state index in [0.29, 0.717) is 17.2 Å². The van der Waals surface area contributed by atoms with Gasteiger partial charge in [0, 0.05) is 23.8 Å². The number of aryl methyl sites for hydroxylation is 1. The molecule has 5 nitrogen and oxygen atoms in total. The third-order valence-corrected chi connectivity index (χ3v) is 3.62. The number of urea groups is 1. The van der Waals surface area contributed by atoms with E-state index in [2.05, 4.69) is 22.5 Å². The summed E-state index contributed by atoms with van der Waals surface area (Å²) in [5, 5.41) is 5.60. The van der Waals surface area contributed by atoms with Crippen LogP contribution < -0.4 is 15.4 Å². The SMILES string of the molecule is CCc1ccc(NC(=O)Nc2ccc(Oc3ccncc3)cc2)cc1. The van der Waals surface area contributed by atoms with Crippen molar-refractivity contribution in [3.8, 4) is 11.5 Å². The van der Waals surface area contributed by atoms with Crippen molar-refractivity contribution in [2.24, 2.45) is 0 Å². The van der Waals surface area contributed by atoms with Crippen molar-refractivity contribution >= 4 is 17.4 Å². The van der Waals surface area contributed by atoms with Crippen LogP contribution in [0.3, 0.4) is 0 Å². The van der Waals surface area contributed by atoms with Crippen molar-refractivity contribution in [1.82, 2.24) is 4.98 Å². The maximum Gasteiger partial charge on any atom is 0.323 e. The van der Waals surface area contributed by atoms with Gasteiger partial charge in [0.1, 0.15) is 11.5 Å². The topological polar surface area (TPSA) is 63.2 Å². The molecule has 0 aliphatic rings. The van der Waals surface area contributed by atoms with Gasteiger partial charge < -0.3 is 15.4 Å². The highest BCUT2D eigenvalue weighted by atomic mass is 16.5. The lowest BCUT2D eigenvalue weighted by molar-refractivity contribution is 0.262. The number of hydrogen-bond acceptors (Lipinski definition) is 3. The Balaban J connectivity index is 1.56. The molecule has 2 aromatic carbocycles. The normalized spacial score (nSPS) is 10.1. The molecule has 1 aromatic heterocycles. The summed E-state index contributed by atoms with van der Waals surface area (Å²) in [6.45, 7) is 2.09. The summed E-state index contributed by atoms with van der Waals surface area (Å²) in [7, 11) is 0. The number of pyridine rings is 1. The molecule has 0 unspecified atom stereocenters. The Morgan fingerprint density at radius 2 is 1.36 bits per heavy atom. The first-order valence-electron chi connectivity index (χ1n) is 8.08. The molecule has 0 aliphatic carbocycles. The second-order valence-electron chi connectivity index (χ2n) is 5.44. The largest absolute Gasteiger partial charge is 0.457 e. The Labute approximate surface area is 146 Å². The fraction of sp³-hybridized carbons (Fsp3) is 0.100. The van der Waals surface area contributed by atoms with E-state index < -0.39 is 0 Å². The van der Waals surface area contributed by atoms with Gasteiger partial charge >= 0.3 is 6.03 Å². The average molecular weight is 333 g/mol. The molecule has 0 aliphatic heterocycles. The highest BCUT2D eigenvalue weighted by Crippen LogP contribution is 2.22. The lowest BCUT2D eigenvalue weighted by Crippen LogP contribution is -2.19. The van der Waals surface area contributed by atoms with Crippen molar-refractivity contribution in [2.45, 2.75) is 13.3 Å². The molecule has 0 fully saturated rings. The van der Waals surface area contributed by atoms with E-state index in [4.69, 9.17) is 4.74 Å². The highest BCUT2D eigenvalue weighted by molar-refractivity contribution is 5.99. The summed E-state index contributed by atoms with van der Waals surface area (Å²) in [4.78, 5) is 16.0. The number of nitrogens with zero attached hydrogens (tertiary/aromatic N) is 1. The number of rotatable bonds is 5. The quantitative estimate of drug-likeness (QED) is 0.684. The fourth-order valence-electron chi connectivity index (χ4n) is 2.27. The molecular weight excluding hydrogens is 314 g/mol. The first kappa shape index (κ1) is 16.5. The van der Waals surface area contributed by atoms with Crippen LogP contribution in [0.1, 0.15) is 12.5 Å². The molecule has 0 saturated heterocycles. The molecule has 126 valence electrons. The van der Waals surface area contributed by atoms with Crippen molar-refractivity contribution in [3.05, 3.63) is 78.6 Å². The minimum Gasteiger partial charge on any atom is -0.457 e. The molecule has 0 atom stereocenters. The van der Waals surface area contributed by atoms with Gasteiger partial charge in [0.15, 0.2) is 0 Å². The maximum atomic E-state index is 12.1. The summed E-state index contributed by atoms with van der Waals surface area (Å²) >= 11 is 0. The molecule has 0 radical (unpaired) electrons. The molecule has 1 heterocycles. The summed E-state index contributed by atoms with van der Waals surface area (Å²) in [6, 6.07) is 18.2. The fourth-order valence-corrected chi connectivity index (χ4v) is 2.27. The van der Waals surface area contributed by atoms with Gasteiger partial charge in [-0.1, -0.05) is 19.1 Å². The number of carbonyl (C=O) groups is 1. The predicted molar refractivity (Wildman–Crippen MR) is 99.2 cm³/mol. The van der Waals surface area contributed by atoms with Crippen LogP contribution in [-0.4, -0.2) is 11.0 Å². The highest BCUT2D eigenvalue weighted by Gasteiger charge is 2.03. The third-order valence-electron chi connectivity index (χ3n) is 3.62. The predicted octanol–water partition coefficient (Wildman–Crippen LogP) is 5.08. The molecule has 0 saturated carbocycles. The summed E-state index contributed by atoms with van der Waals surface area (Å²) in [6.07, 6.45) is 4.31. The molecule has 0 bridgehead atoms. The van der Waals surface area contributed by atoms with Crippen LogP contribution >= 0.6 is 0 Å². The number of nitrogens with one attached hydrogen (secondary N) is 2. The van der Waals surface area contributed by atoms with Gasteiger partial charge in [-0.2, -0.15) is 0 Å². The third kappa shape index (κ3) is 4.81. The summed E-state index contributed by atoms with van der Waals surface area (Å²) in [5.41, 5.74) is 2.67. The minimum absolute atomic E-state index is 0.285. The number of anilines is 2. The smallest absolute Gasteiger partial charge is 0.323 e. The van der Waals surface area contributed by atoms with Crippen molar-refractivity contribution in [2.75, 3.05) is 10.6 Å². The second-order valence-corrected chi connectivity index (χ2v) is 5.44. The van der Waals surface area contributed by atoms with Crippen molar-refractivity contribution in [1.29, 1.82) is 0 Å². The Morgan fingerprint density at radius 3 is 1.92 bits per heavy atom. The lowest BCUT2D eigenvalue weighted by atomic mass is 10.1. The molecule has 3 rings (SSSR count). The molecule has 0 spiro atoms. The Bertz CT molecular complexity index is 816. The number of benzene rings is 2. The van der Waals surface area contributed by atoms with E-state index in [-0.39, 0.29) is 6.03 Å². The number of carbonyl (C=O) groups excluding carboxylic acids is 1. The van der Waals surface area contributed by atoms with Crippen LogP contribution in [0.5, 0.6) is 11.5 Å². The summed E-state index contributed by atoms with van der Waals surface area (Å²) < 4.78 is 5.69. The van der Waals surface area contributed by atoms with Gasteiger partial charge in [-0.3, -0.25) is 4.98 Å². The van der Waals surface area contributed by atoms with Crippen LogP contribution in [-0.2, 0) is 6.42 Å². The van der Waals surface area contributed by atoms with E-state index in [1.54, 1.807) is 48.8 Å². The Hall–Kier alpha value is -3.34. The molecule has 2 N–H and O–H groups in total.